The highest BCUT2D eigenvalue weighted by atomic mass is 79.9. The van der Waals surface area contributed by atoms with Crippen LogP contribution < -0.4 is 14.8 Å². The van der Waals surface area contributed by atoms with Gasteiger partial charge in [0.05, 0.1) is 22.6 Å². The van der Waals surface area contributed by atoms with Crippen molar-refractivity contribution in [2.45, 2.75) is 37.2 Å². The molecule has 3 aromatic rings. The predicted molar refractivity (Wildman–Crippen MR) is 138 cm³/mol. The molecule has 6 nitrogen and oxygen atoms in total. The molecular weight excluding hydrogens is 540 g/mol. The molecule has 9 heteroatoms. The lowest BCUT2D eigenvalue weighted by molar-refractivity contribution is -0.123. The number of amides is 1. The van der Waals surface area contributed by atoms with Crippen LogP contribution in [-0.4, -0.2) is 27.0 Å². The average Bonchev–Trinajstić information content (AvgIpc) is 2.80. The molecule has 0 saturated carbocycles. The maximum absolute atomic E-state index is 13.2. The van der Waals surface area contributed by atoms with Crippen molar-refractivity contribution in [3.05, 3.63) is 93.4 Å². The van der Waals surface area contributed by atoms with Gasteiger partial charge in [0.25, 0.3) is 0 Å². The molecule has 0 bridgehead atoms. The Morgan fingerprint density at radius 2 is 1.79 bits per heavy atom. The molecule has 1 amide bonds. The molecule has 0 aromatic heterocycles. The first kappa shape index (κ1) is 26.2. The van der Waals surface area contributed by atoms with Gasteiger partial charge in [0, 0.05) is 4.47 Å². The largest absolute Gasteiger partial charge is 0.492 e. The Labute approximate surface area is 213 Å². The first-order valence-electron chi connectivity index (χ1n) is 10.7. The van der Waals surface area contributed by atoms with Crippen molar-refractivity contribution in [3.63, 3.8) is 0 Å². The van der Waals surface area contributed by atoms with Gasteiger partial charge < -0.3 is 10.1 Å². The van der Waals surface area contributed by atoms with Crippen LogP contribution in [0.1, 0.15) is 31.0 Å². The molecule has 0 spiro atoms. The third-order valence-corrected chi connectivity index (χ3v) is 7.38. The number of ether oxygens (including phenoxy) is 1. The molecule has 0 aliphatic carbocycles. The predicted octanol–water partition coefficient (Wildman–Crippen LogP) is 5.27. The summed E-state index contributed by atoms with van der Waals surface area (Å²) in [4.78, 5) is 13.2. The third kappa shape index (κ3) is 7.06. The van der Waals surface area contributed by atoms with Crippen LogP contribution in [0.25, 0.3) is 0 Å². The first-order chi connectivity index (χ1) is 16.2. The molecule has 2 N–H and O–H groups in total. The van der Waals surface area contributed by atoms with Crippen LogP contribution in [0.2, 0.25) is 5.02 Å². The monoisotopic (exact) mass is 564 g/mol. The minimum atomic E-state index is -4.04. The fourth-order valence-corrected chi connectivity index (χ4v) is 5.33. The van der Waals surface area contributed by atoms with E-state index in [9.17, 15) is 13.2 Å². The number of sulfonamides is 1. The van der Waals surface area contributed by atoms with Crippen molar-refractivity contribution in [1.29, 1.82) is 0 Å². The molecular formula is C25H26BrClN2O4S. The minimum Gasteiger partial charge on any atom is -0.492 e. The molecule has 0 fully saturated rings. The summed E-state index contributed by atoms with van der Waals surface area (Å²) < 4.78 is 35.2. The number of carbonyl (C=O) groups excluding carboxylic acids is 1. The van der Waals surface area contributed by atoms with Crippen molar-refractivity contribution < 1.29 is 17.9 Å². The third-order valence-electron chi connectivity index (χ3n) is 5.12. The minimum absolute atomic E-state index is 0.0492. The van der Waals surface area contributed by atoms with Gasteiger partial charge in [-0.15, -0.1) is 0 Å². The van der Waals surface area contributed by atoms with Crippen LogP contribution in [0, 0.1) is 0 Å². The lowest BCUT2D eigenvalue weighted by atomic mass is 10.0. The topological polar surface area (TPSA) is 84.5 Å². The van der Waals surface area contributed by atoms with E-state index < -0.39 is 22.0 Å². The maximum Gasteiger partial charge on any atom is 0.241 e. The average molecular weight is 566 g/mol. The summed E-state index contributed by atoms with van der Waals surface area (Å²) in [5.41, 5.74) is 1.72. The normalized spacial score (nSPS) is 13.2. The van der Waals surface area contributed by atoms with Gasteiger partial charge in [0.15, 0.2) is 0 Å². The zero-order chi connectivity index (χ0) is 24.7. The summed E-state index contributed by atoms with van der Waals surface area (Å²) >= 11 is 9.62. The van der Waals surface area contributed by atoms with Crippen molar-refractivity contribution in [1.82, 2.24) is 10.0 Å². The van der Waals surface area contributed by atoms with Crippen molar-refractivity contribution in [2.75, 3.05) is 6.61 Å². The van der Waals surface area contributed by atoms with Gasteiger partial charge >= 0.3 is 0 Å². The Kier molecular flexibility index (Phi) is 9.13. The first-order valence-corrected chi connectivity index (χ1v) is 13.4. The summed E-state index contributed by atoms with van der Waals surface area (Å²) in [6.07, 6.45) is 0.182. The van der Waals surface area contributed by atoms with Crippen LogP contribution in [0.4, 0.5) is 0 Å². The molecule has 3 rings (SSSR count). The fourth-order valence-electron chi connectivity index (χ4n) is 3.39. The van der Waals surface area contributed by atoms with E-state index in [1.807, 2.05) is 68.4 Å². The fraction of sp³-hybridized carbons (Fsp3) is 0.240. The van der Waals surface area contributed by atoms with Crippen LogP contribution >= 0.6 is 27.5 Å². The zero-order valence-electron chi connectivity index (χ0n) is 18.8. The second kappa shape index (κ2) is 11.8. The Hall–Kier alpha value is -2.39. The molecule has 0 aliphatic rings. The Balaban J connectivity index is 1.85. The van der Waals surface area contributed by atoms with E-state index in [-0.39, 0.29) is 22.4 Å². The molecule has 0 heterocycles. The molecule has 0 unspecified atom stereocenters. The van der Waals surface area contributed by atoms with E-state index in [0.29, 0.717) is 12.4 Å². The lowest BCUT2D eigenvalue weighted by Crippen LogP contribution is -2.48. The number of halogens is 2. The number of rotatable bonds is 10. The Morgan fingerprint density at radius 3 is 2.44 bits per heavy atom. The standard InChI is InChI=1S/C25H26BrClN2O4S/c1-3-33-24-13-12-21(16-22(24)27)34(31,32)29-23(14-18-8-5-4-6-9-18)25(30)28-17(2)19-10-7-11-20(26)15-19/h4-13,15-17,23,29H,3,14H2,1-2H3,(H,28,30)/t17-,23-/m1/s1. The van der Waals surface area contributed by atoms with Gasteiger partial charge in [0.1, 0.15) is 11.8 Å². The van der Waals surface area contributed by atoms with Gasteiger partial charge in [-0.25, -0.2) is 8.42 Å². The van der Waals surface area contributed by atoms with Gasteiger partial charge in [-0.2, -0.15) is 4.72 Å². The Morgan fingerprint density at radius 1 is 1.06 bits per heavy atom. The van der Waals surface area contributed by atoms with E-state index >= 15 is 0 Å². The highest BCUT2D eigenvalue weighted by molar-refractivity contribution is 9.10. The number of hydrogen-bond acceptors (Lipinski definition) is 4. The number of carbonyl (C=O) groups is 1. The van der Waals surface area contributed by atoms with E-state index in [1.54, 1.807) is 0 Å². The quantitative estimate of drug-likeness (QED) is 0.351. The smallest absolute Gasteiger partial charge is 0.241 e. The van der Waals surface area contributed by atoms with Gasteiger partial charge in [0.2, 0.25) is 15.9 Å². The zero-order valence-corrected chi connectivity index (χ0v) is 22.0. The summed E-state index contributed by atoms with van der Waals surface area (Å²) in [7, 11) is -4.04. The van der Waals surface area contributed by atoms with Crippen molar-refractivity contribution in [3.8, 4) is 5.75 Å². The molecule has 0 saturated heterocycles. The van der Waals surface area contributed by atoms with Crippen LogP contribution in [0.5, 0.6) is 5.75 Å². The second-order valence-electron chi connectivity index (χ2n) is 7.67. The number of nitrogens with one attached hydrogen (secondary N) is 2. The summed E-state index contributed by atoms with van der Waals surface area (Å²) in [5, 5.41) is 3.10. The lowest BCUT2D eigenvalue weighted by Gasteiger charge is -2.22. The number of benzene rings is 3. The molecule has 180 valence electrons. The van der Waals surface area contributed by atoms with Crippen LogP contribution in [0.3, 0.4) is 0 Å². The van der Waals surface area contributed by atoms with Gasteiger partial charge in [-0.1, -0.05) is 70.0 Å². The maximum atomic E-state index is 13.2. The van der Waals surface area contributed by atoms with Gasteiger partial charge in [-0.05, 0) is 61.7 Å². The number of hydrogen-bond donors (Lipinski definition) is 2. The Bertz CT molecular complexity index is 1240. The molecule has 34 heavy (non-hydrogen) atoms. The highest BCUT2D eigenvalue weighted by Gasteiger charge is 2.28. The molecule has 2 atom stereocenters. The summed E-state index contributed by atoms with van der Waals surface area (Å²) in [6, 6.07) is 19.7. The van der Waals surface area contributed by atoms with Crippen LogP contribution in [0.15, 0.2) is 82.2 Å². The summed E-state index contributed by atoms with van der Waals surface area (Å²) in [6.45, 7) is 4.06. The highest BCUT2D eigenvalue weighted by Crippen LogP contribution is 2.27. The van der Waals surface area contributed by atoms with Crippen molar-refractivity contribution >= 4 is 43.5 Å². The van der Waals surface area contributed by atoms with E-state index in [1.165, 1.54) is 18.2 Å². The van der Waals surface area contributed by atoms with Gasteiger partial charge in [-0.3, -0.25) is 4.79 Å². The van der Waals surface area contributed by atoms with E-state index in [4.69, 9.17) is 16.3 Å². The molecule has 0 aliphatic heterocycles. The van der Waals surface area contributed by atoms with Crippen LogP contribution in [-0.2, 0) is 21.2 Å². The summed E-state index contributed by atoms with van der Waals surface area (Å²) in [5.74, 6) is -0.0403. The second-order valence-corrected chi connectivity index (χ2v) is 10.7. The SMILES string of the molecule is CCOc1ccc(S(=O)(=O)N[C@H](Cc2ccccc2)C(=O)N[C@H](C)c2cccc(Br)c2)cc1Cl. The van der Waals surface area contributed by atoms with Crippen molar-refractivity contribution in [2.24, 2.45) is 0 Å². The molecule has 0 radical (unpaired) electrons. The molecule has 3 aromatic carbocycles. The van der Waals surface area contributed by atoms with E-state index in [0.717, 1.165) is 15.6 Å². The van der Waals surface area contributed by atoms with E-state index in [2.05, 4.69) is 26.0 Å².